The predicted octanol–water partition coefficient (Wildman–Crippen LogP) is 2.28. The Hall–Kier alpha value is -1.44. The highest BCUT2D eigenvalue weighted by Gasteiger charge is 2.05. The molecule has 1 N–H and O–H groups in total. The average molecular weight is 161 g/mol. The number of carbonyl (C=O) groups excluding carboxylic acids is 1. The molecule has 12 heavy (non-hydrogen) atoms. The first kappa shape index (κ1) is 8.65. The summed E-state index contributed by atoms with van der Waals surface area (Å²) in [6, 6.07) is 7.17. The molecule has 0 amide bonds. The fourth-order valence-electron chi connectivity index (χ4n) is 1.07. The van der Waals surface area contributed by atoms with Gasteiger partial charge in [-0.1, -0.05) is 31.2 Å². The lowest BCUT2D eigenvalue weighted by molar-refractivity contribution is 0.0988. The van der Waals surface area contributed by atoms with Crippen molar-refractivity contribution in [1.29, 1.82) is 5.41 Å². The van der Waals surface area contributed by atoms with Crippen molar-refractivity contribution in [3.63, 3.8) is 0 Å². The van der Waals surface area contributed by atoms with Gasteiger partial charge in [0, 0.05) is 23.8 Å². The van der Waals surface area contributed by atoms with E-state index in [-0.39, 0.29) is 5.78 Å². The van der Waals surface area contributed by atoms with Gasteiger partial charge in [0.1, 0.15) is 0 Å². The van der Waals surface area contributed by atoms with Crippen LogP contribution in [0.3, 0.4) is 0 Å². The molecule has 0 unspecified atom stereocenters. The van der Waals surface area contributed by atoms with Gasteiger partial charge in [-0.3, -0.25) is 4.79 Å². The van der Waals surface area contributed by atoms with Crippen molar-refractivity contribution in [1.82, 2.24) is 0 Å². The normalized spacial score (nSPS) is 9.42. The van der Waals surface area contributed by atoms with Crippen LogP contribution in [0.1, 0.15) is 29.3 Å². The summed E-state index contributed by atoms with van der Waals surface area (Å²) < 4.78 is 0. The highest BCUT2D eigenvalue weighted by Crippen LogP contribution is 2.08. The van der Waals surface area contributed by atoms with E-state index in [0.717, 1.165) is 0 Å². The molecule has 0 atom stereocenters. The number of hydrogen-bond acceptors (Lipinski definition) is 2. The molecule has 62 valence electrons. The number of nitrogens with one attached hydrogen (secondary N) is 1. The lowest BCUT2D eigenvalue weighted by atomic mass is 10.0. The number of ketones is 1. The van der Waals surface area contributed by atoms with Crippen LogP contribution in [0.4, 0.5) is 0 Å². The Bertz CT molecular complexity index is 304. The highest BCUT2D eigenvalue weighted by molar-refractivity contribution is 6.02. The van der Waals surface area contributed by atoms with E-state index in [0.29, 0.717) is 17.5 Å². The van der Waals surface area contributed by atoms with Gasteiger partial charge < -0.3 is 5.41 Å². The number of Topliss-reactive ketones (excluding diaryl/α,β-unsaturated/α-hetero) is 1. The van der Waals surface area contributed by atoms with Crippen molar-refractivity contribution in [2.75, 3.05) is 0 Å². The van der Waals surface area contributed by atoms with Crippen LogP contribution in [-0.4, -0.2) is 12.0 Å². The van der Waals surface area contributed by atoms with Crippen molar-refractivity contribution < 1.29 is 4.79 Å². The third-order valence-electron chi connectivity index (χ3n) is 1.74. The topological polar surface area (TPSA) is 40.9 Å². The van der Waals surface area contributed by atoms with E-state index in [1.54, 1.807) is 12.1 Å². The Morgan fingerprint density at radius 2 is 2.17 bits per heavy atom. The molecule has 0 heterocycles. The van der Waals surface area contributed by atoms with Gasteiger partial charge in [-0.25, -0.2) is 0 Å². The van der Waals surface area contributed by atoms with Crippen molar-refractivity contribution in [2.24, 2.45) is 0 Å². The SMILES string of the molecule is CCC(=O)c1ccccc1C=N. The molecule has 1 rings (SSSR count). The number of hydrogen-bond donors (Lipinski definition) is 1. The summed E-state index contributed by atoms with van der Waals surface area (Å²) in [6.45, 7) is 1.82. The van der Waals surface area contributed by atoms with E-state index < -0.39 is 0 Å². The first-order valence-electron chi connectivity index (χ1n) is 3.92. The Morgan fingerprint density at radius 3 is 2.75 bits per heavy atom. The Kier molecular flexibility index (Phi) is 2.75. The minimum Gasteiger partial charge on any atom is -0.308 e. The quantitative estimate of drug-likeness (QED) is 0.536. The second-order valence-electron chi connectivity index (χ2n) is 2.51. The van der Waals surface area contributed by atoms with Crippen LogP contribution in [0, 0.1) is 5.41 Å². The van der Waals surface area contributed by atoms with Crippen molar-refractivity contribution in [2.45, 2.75) is 13.3 Å². The van der Waals surface area contributed by atoms with Crippen LogP contribution in [0.15, 0.2) is 24.3 Å². The van der Waals surface area contributed by atoms with E-state index in [1.807, 2.05) is 19.1 Å². The molecule has 0 aliphatic carbocycles. The molecule has 0 aliphatic heterocycles. The van der Waals surface area contributed by atoms with Gasteiger partial charge in [-0.15, -0.1) is 0 Å². The van der Waals surface area contributed by atoms with Gasteiger partial charge in [0.05, 0.1) is 0 Å². The van der Waals surface area contributed by atoms with Gasteiger partial charge in [-0.2, -0.15) is 0 Å². The molecule has 0 radical (unpaired) electrons. The second kappa shape index (κ2) is 3.81. The molecule has 0 fully saturated rings. The van der Waals surface area contributed by atoms with Gasteiger partial charge in [-0.05, 0) is 0 Å². The molecular weight excluding hydrogens is 150 g/mol. The van der Waals surface area contributed by atoms with Crippen LogP contribution in [0.25, 0.3) is 0 Å². The van der Waals surface area contributed by atoms with Crippen LogP contribution in [-0.2, 0) is 0 Å². The van der Waals surface area contributed by atoms with Crippen LogP contribution >= 0.6 is 0 Å². The van der Waals surface area contributed by atoms with E-state index in [2.05, 4.69) is 0 Å². The predicted molar refractivity (Wildman–Crippen MR) is 48.9 cm³/mol. The third kappa shape index (κ3) is 1.59. The standard InChI is InChI=1S/C10H11NO/c1-2-10(12)9-6-4-3-5-8(9)7-11/h3-7,11H,2H2,1H3. The lowest BCUT2D eigenvalue weighted by Crippen LogP contribution is -2.00. The molecule has 1 aromatic carbocycles. The minimum absolute atomic E-state index is 0.0918. The van der Waals surface area contributed by atoms with Gasteiger partial charge in [0.15, 0.2) is 5.78 Å². The monoisotopic (exact) mass is 161 g/mol. The second-order valence-corrected chi connectivity index (χ2v) is 2.51. The van der Waals surface area contributed by atoms with E-state index in [9.17, 15) is 4.79 Å². The zero-order valence-electron chi connectivity index (χ0n) is 7.00. The molecule has 0 saturated heterocycles. The summed E-state index contributed by atoms with van der Waals surface area (Å²) in [5.74, 6) is 0.0918. The molecule has 0 spiro atoms. The maximum Gasteiger partial charge on any atom is 0.163 e. The third-order valence-corrected chi connectivity index (χ3v) is 1.74. The summed E-state index contributed by atoms with van der Waals surface area (Å²) in [7, 11) is 0. The van der Waals surface area contributed by atoms with Crippen molar-refractivity contribution >= 4 is 12.0 Å². The molecule has 0 bridgehead atoms. The molecule has 2 heteroatoms. The minimum atomic E-state index is 0.0918. The average Bonchev–Trinajstić information content (AvgIpc) is 2.16. The fraction of sp³-hybridized carbons (Fsp3) is 0.200. The molecule has 0 saturated carbocycles. The van der Waals surface area contributed by atoms with Crippen LogP contribution < -0.4 is 0 Å². The first-order valence-corrected chi connectivity index (χ1v) is 3.92. The Balaban J connectivity index is 3.13. The van der Waals surface area contributed by atoms with Crippen LogP contribution in [0.5, 0.6) is 0 Å². The number of rotatable bonds is 3. The van der Waals surface area contributed by atoms with Crippen molar-refractivity contribution in [3.05, 3.63) is 35.4 Å². The summed E-state index contributed by atoms with van der Waals surface area (Å²) >= 11 is 0. The zero-order valence-corrected chi connectivity index (χ0v) is 7.00. The van der Waals surface area contributed by atoms with Gasteiger partial charge in [0.2, 0.25) is 0 Å². The number of benzene rings is 1. The van der Waals surface area contributed by atoms with Crippen LogP contribution in [0.2, 0.25) is 0 Å². The molecule has 0 aliphatic rings. The summed E-state index contributed by atoms with van der Waals surface area (Å²) in [5, 5.41) is 7.08. The molecule has 1 aromatic rings. The summed E-state index contributed by atoms with van der Waals surface area (Å²) in [6.07, 6.45) is 1.70. The lowest BCUT2D eigenvalue weighted by Gasteiger charge is -2.00. The summed E-state index contributed by atoms with van der Waals surface area (Å²) in [4.78, 5) is 11.3. The van der Waals surface area contributed by atoms with Gasteiger partial charge >= 0.3 is 0 Å². The van der Waals surface area contributed by atoms with Gasteiger partial charge in [0.25, 0.3) is 0 Å². The van der Waals surface area contributed by atoms with E-state index in [4.69, 9.17) is 5.41 Å². The molecule has 2 nitrogen and oxygen atoms in total. The molecular formula is C10H11NO. The highest BCUT2D eigenvalue weighted by atomic mass is 16.1. The smallest absolute Gasteiger partial charge is 0.163 e. The first-order chi connectivity index (χ1) is 5.79. The maximum absolute atomic E-state index is 11.3. The fourth-order valence-corrected chi connectivity index (χ4v) is 1.07. The van der Waals surface area contributed by atoms with E-state index in [1.165, 1.54) is 6.21 Å². The Morgan fingerprint density at radius 1 is 1.50 bits per heavy atom. The van der Waals surface area contributed by atoms with Crippen molar-refractivity contribution in [3.8, 4) is 0 Å². The number of carbonyl (C=O) groups is 1. The summed E-state index contributed by atoms with van der Waals surface area (Å²) in [5.41, 5.74) is 1.35. The maximum atomic E-state index is 11.3. The Labute approximate surface area is 71.7 Å². The largest absolute Gasteiger partial charge is 0.308 e. The van der Waals surface area contributed by atoms with E-state index >= 15 is 0 Å². The molecule has 0 aromatic heterocycles. The zero-order chi connectivity index (χ0) is 8.97.